The maximum Gasteiger partial charge on any atom is 0.450 e. The first-order valence-electron chi connectivity index (χ1n) is 13.3. The second-order valence-corrected chi connectivity index (χ2v) is 11.8. The van der Waals surface area contributed by atoms with E-state index in [0.29, 0.717) is 40.3 Å². The minimum atomic E-state index is -4.81. The zero-order valence-corrected chi connectivity index (χ0v) is 23.0. The van der Waals surface area contributed by atoms with Gasteiger partial charge in [0, 0.05) is 30.1 Å². The van der Waals surface area contributed by atoms with E-state index >= 15 is 0 Å². The van der Waals surface area contributed by atoms with Gasteiger partial charge >= 0.3 is 12.1 Å². The molecule has 0 radical (unpaired) electrons. The van der Waals surface area contributed by atoms with Crippen molar-refractivity contribution in [2.75, 3.05) is 18.0 Å². The molecule has 12 heteroatoms. The quantitative estimate of drug-likeness (QED) is 0.249. The van der Waals surface area contributed by atoms with E-state index in [0.717, 1.165) is 53.4 Å². The highest BCUT2D eigenvalue weighted by molar-refractivity contribution is 6.39. The number of halogens is 5. The van der Waals surface area contributed by atoms with Gasteiger partial charge in [0.05, 0.1) is 15.6 Å². The largest absolute Gasteiger partial charge is 0.476 e. The Bertz CT molecular complexity index is 1730. The van der Waals surface area contributed by atoms with Gasteiger partial charge < -0.3 is 14.5 Å². The number of rotatable bonds is 5. The molecule has 0 amide bonds. The second-order valence-electron chi connectivity index (χ2n) is 11.0. The number of carboxylic acid groups (broad SMARTS) is 1. The third-order valence-corrected chi connectivity index (χ3v) is 9.02. The number of anilines is 1. The van der Waals surface area contributed by atoms with Crippen molar-refractivity contribution < 1.29 is 27.6 Å². The first kappa shape index (κ1) is 26.4. The van der Waals surface area contributed by atoms with Gasteiger partial charge in [0.1, 0.15) is 17.3 Å². The monoisotopic (exact) mass is 602 g/mol. The van der Waals surface area contributed by atoms with E-state index in [1.54, 1.807) is 30.3 Å². The Kier molecular flexibility index (Phi) is 5.96. The molecule has 7 rings (SSSR count). The minimum absolute atomic E-state index is 0.0840. The molecule has 0 unspecified atom stereocenters. The van der Waals surface area contributed by atoms with Gasteiger partial charge in [-0.1, -0.05) is 46.6 Å². The molecular weight excluding hydrogens is 580 g/mol. The maximum atomic E-state index is 13.9. The molecule has 212 valence electrons. The van der Waals surface area contributed by atoms with Crippen LogP contribution in [-0.4, -0.2) is 38.7 Å². The molecular formula is C29H23Cl2F3N4O3. The number of nitrogens with zero attached hydrogens (tertiary/aromatic N) is 4. The molecule has 1 spiro atoms. The van der Waals surface area contributed by atoms with Gasteiger partial charge in [-0.3, -0.25) is 4.40 Å². The van der Waals surface area contributed by atoms with Crippen LogP contribution in [0.2, 0.25) is 10.0 Å². The Morgan fingerprint density at radius 1 is 1.05 bits per heavy atom. The van der Waals surface area contributed by atoms with E-state index in [1.165, 1.54) is 6.07 Å². The molecule has 4 aromatic rings. The van der Waals surface area contributed by atoms with Gasteiger partial charge in [-0.2, -0.15) is 13.2 Å². The number of fused-ring (bicyclic) bond motifs is 1. The maximum absolute atomic E-state index is 13.9. The molecule has 2 aliphatic carbocycles. The zero-order valence-electron chi connectivity index (χ0n) is 21.5. The Hall–Kier alpha value is -3.50. The Morgan fingerprint density at radius 2 is 1.71 bits per heavy atom. The summed E-state index contributed by atoms with van der Waals surface area (Å²) in [6.45, 7) is 1.01. The number of carbonyl (C=O) groups is 1. The fourth-order valence-corrected chi connectivity index (χ4v) is 6.80. The molecule has 0 bridgehead atoms. The number of imidazole rings is 1. The van der Waals surface area contributed by atoms with Crippen LogP contribution in [0, 0.1) is 5.41 Å². The van der Waals surface area contributed by atoms with Gasteiger partial charge in [0.2, 0.25) is 5.82 Å². The van der Waals surface area contributed by atoms with Crippen LogP contribution in [0.15, 0.2) is 47.0 Å². The van der Waals surface area contributed by atoms with E-state index in [-0.39, 0.29) is 16.7 Å². The van der Waals surface area contributed by atoms with E-state index in [1.807, 2.05) is 4.90 Å². The van der Waals surface area contributed by atoms with E-state index in [2.05, 4.69) is 16.2 Å². The van der Waals surface area contributed by atoms with E-state index in [4.69, 9.17) is 27.7 Å². The average molecular weight is 603 g/mol. The number of allylic oxidation sites excluding steroid dienone is 2. The smallest absolute Gasteiger partial charge is 0.450 e. The van der Waals surface area contributed by atoms with Crippen LogP contribution in [0.25, 0.3) is 22.3 Å². The molecule has 1 saturated heterocycles. The van der Waals surface area contributed by atoms with Crippen LogP contribution < -0.4 is 4.90 Å². The number of benzene rings is 1. The van der Waals surface area contributed by atoms with Crippen LogP contribution >= 0.6 is 23.2 Å². The summed E-state index contributed by atoms with van der Waals surface area (Å²) in [6, 6.07) is 9.82. The topological polar surface area (TPSA) is 83.9 Å². The highest BCUT2D eigenvalue weighted by Crippen LogP contribution is 2.56. The highest BCUT2D eigenvalue weighted by atomic mass is 35.5. The standard InChI is InChI=1S/C29H23Cl2F3N4O3/c30-17-3-1-4-18(31)22(17)24-21(25(41-36-24)15-7-8-15)16-13-28(14-16)9-11-37(12-10-28)20-6-2-5-19-23(26(39)40)35-27(38(19)20)29(32,33)34/h1-6,13,15H,7-12,14H2,(H,39,40). The number of alkyl halides is 3. The number of carboxylic acids is 1. The zero-order chi connectivity index (χ0) is 28.7. The van der Waals surface area contributed by atoms with E-state index in [9.17, 15) is 23.1 Å². The fourth-order valence-electron chi connectivity index (χ4n) is 6.23. The molecule has 1 aromatic carbocycles. The summed E-state index contributed by atoms with van der Waals surface area (Å²) >= 11 is 13.0. The molecule has 7 nitrogen and oxygen atoms in total. The summed E-state index contributed by atoms with van der Waals surface area (Å²) < 4.78 is 48.4. The lowest BCUT2D eigenvalue weighted by Gasteiger charge is -2.47. The van der Waals surface area contributed by atoms with Crippen molar-refractivity contribution in [3.8, 4) is 11.3 Å². The summed E-state index contributed by atoms with van der Waals surface area (Å²) in [5.41, 5.74) is 2.56. The molecule has 3 aliphatic rings. The SMILES string of the molecule is O=C(O)c1nc(C(F)(F)F)n2c(N3CCC4(C=C(c5c(-c6c(Cl)cccc6Cl)noc5C5CC5)C4)CC3)cccc12. The molecule has 1 aliphatic heterocycles. The lowest BCUT2D eigenvalue weighted by atomic mass is 9.63. The number of hydrogen-bond acceptors (Lipinski definition) is 5. The number of piperidine rings is 1. The van der Waals surface area contributed by atoms with Crippen molar-refractivity contribution in [2.45, 2.75) is 44.2 Å². The predicted octanol–water partition coefficient (Wildman–Crippen LogP) is 7.96. The van der Waals surface area contributed by atoms with Crippen molar-refractivity contribution in [1.29, 1.82) is 0 Å². The summed E-state index contributed by atoms with van der Waals surface area (Å²) in [6.07, 6.45) is 1.74. The fraction of sp³-hybridized carbons (Fsp3) is 0.345. The van der Waals surface area contributed by atoms with Crippen molar-refractivity contribution in [1.82, 2.24) is 14.5 Å². The average Bonchev–Trinajstić information content (AvgIpc) is 3.53. The third kappa shape index (κ3) is 4.30. The van der Waals surface area contributed by atoms with Crippen molar-refractivity contribution >= 4 is 46.1 Å². The molecule has 2 fully saturated rings. The first-order valence-corrected chi connectivity index (χ1v) is 14.0. The van der Waals surface area contributed by atoms with E-state index < -0.39 is 23.7 Å². The first-order chi connectivity index (χ1) is 19.6. The van der Waals surface area contributed by atoms with Gasteiger partial charge in [0.15, 0.2) is 5.69 Å². The van der Waals surface area contributed by atoms with Crippen molar-refractivity contribution in [2.24, 2.45) is 5.41 Å². The molecule has 1 saturated carbocycles. The van der Waals surface area contributed by atoms with Gasteiger partial charge in [-0.15, -0.1) is 0 Å². The number of aromatic carboxylic acids is 1. The lowest BCUT2D eigenvalue weighted by Crippen LogP contribution is -2.43. The van der Waals surface area contributed by atoms with Gasteiger partial charge in [-0.25, -0.2) is 9.78 Å². The Morgan fingerprint density at radius 3 is 2.32 bits per heavy atom. The summed E-state index contributed by atoms with van der Waals surface area (Å²) in [4.78, 5) is 17.0. The summed E-state index contributed by atoms with van der Waals surface area (Å²) in [5, 5.41) is 14.9. The summed E-state index contributed by atoms with van der Waals surface area (Å²) in [7, 11) is 0. The van der Waals surface area contributed by atoms with Crippen LogP contribution in [0.4, 0.5) is 19.0 Å². The molecule has 4 heterocycles. The molecule has 3 aromatic heterocycles. The van der Waals surface area contributed by atoms with Crippen molar-refractivity contribution in [3.63, 3.8) is 0 Å². The molecule has 0 atom stereocenters. The van der Waals surface area contributed by atoms with Crippen LogP contribution in [-0.2, 0) is 6.18 Å². The third-order valence-electron chi connectivity index (χ3n) is 8.39. The van der Waals surface area contributed by atoms with Crippen molar-refractivity contribution in [3.05, 3.63) is 75.4 Å². The number of pyridine rings is 1. The number of hydrogen-bond donors (Lipinski definition) is 1. The Labute approximate surface area is 242 Å². The highest BCUT2D eigenvalue weighted by Gasteiger charge is 2.45. The van der Waals surface area contributed by atoms with Crippen LogP contribution in [0.1, 0.15) is 65.7 Å². The second kappa shape index (κ2) is 9.25. The van der Waals surface area contributed by atoms with Crippen LogP contribution in [0.5, 0.6) is 0 Å². The minimum Gasteiger partial charge on any atom is -0.476 e. The van der Waals surface area contributed by atoms with Crippen LogP contribution in [0.3, 0.4) is 0 Å². The summed E-state index contributed by atoms with van der Waals surface area (Å²) in [5.74, 6) is -1.29. The lowest BCUT2D eigenvalue weighted by molar-refractivity contribution is -0.145. The Balaban J connectivity index is 1.19. The molecule has 41 heavy (non-hydrogen) atoms. The van der Waals surface area contributed by atoms with Gasteiger partial charge in [-0.05, 0) is 67.4 Å². The van der Waals surface area contributed by atoms with Gasteiger partial charge in [0.25, 0.3) is 0 Å². The number of aromatic nitrogens is 3. The normalized spacial score (nSPS) is 18.6. The predicted molar refractivity (Wildman–Crippen MR) is 148 cm³/mol. The molecule has 1 N–H and O–H groups in total.